The molecular weight excluding hydrogens is 501 g/mol. The number of amidine groups is 1. The van der Waals surface area contributed by atoms with E-state index in [1.54, 1.807) is 39.6 Å². The summed E-state index contributed by atoms with van der Waals surface area (Å²) in [5, 5.41) is 4.26. The van der Waals surface area contributed by atoms with Crippen molar-refractivity contribution in [2.24, 2.45) is 5.16 Å². The maximum atomic E-state index is 12.8. The van der Waals surface area contributed by atoms with Gasteiger partial charge in [-0.05, 0) is 49.2 Å². The predicted molar refractivity (Wildman–Crippen MR) is 136 cm³/mol. The Morgan fingerprint density at radius 3 is 2.61 bits per heavy atom. The Balaban J connectivity index is 1.60. The highest BCUT2D eigenvalue weighted by Gasteiger charge is 2.43. The van der Waals surface area contributed by atoms with Crippen LogP contribution in [0.1, 0.15) is 30.2 Å². The molecule has 2 heterocycles. The molecule has 1 aromatic heterocycles. The second kappa shape index (κ2) is 11.2. The molecule has 1 aliphatic rings. The molecule has 11 heteroatoms. The lowest BCUT2D eigenvalue weighted by Crippen LogP contribution is -2.44. The van der Waals surface area contributed by atoms with Crippen molar-refractivity contribution in [3.63, 3.8) is 0 Å². The monoisotopic (exact) mass is 530 g/mol. The molecule has 0 radical (unpaired) electrons. The minimum Gasteiger partial charge on any atom is -0.495 e. The molecule has 0 saturated carbocycles. The van der Waals surface area contributed by atoms with Crippen LogP contribution < -0.4 is 9.47 Å². The van der Waals surface area contributed by atoms with E-state index in [1.165, 1.54) is 18.2 Å². The van der Waals surface area contributed by atoms with E-state index in [1.807, 2.05) is 46.9 Å². The second-order valence-corrected chi connectivity index (χ2v) is 8.78. The molecule has 2 aromatic carbocycles. The van der Waals surface area contributed by atoms with E-state index in [2.05, 4.69) is 14.9 Å². The van der Waals surface area contributed by atoms with Crippen LogP contribution in [0.4, 0.5) is 13.2 Å². The van der Waals surface area contributed by atoms with Gasteiger partial charge in [0.25, 0.3) is 0 Å². The second-order valence-electron chi connectivity index (χ2n) is 8.78. The summed E-state index contributed by atoms with van der Waals surface area (Å²) >= 11 is 0. The fourth-order valence-electron chi connectivity index (χ4n) is 4.19. The van der Waals surface area contributed by atoms with Crippen LogP contribution in [0.5, 0.6) is 11.5 Å². The number of hydrogen-bond acceptors (Lipinski definition) is 7. The molecule has 4 rings (SSSR count). The standard InChI is InChI=1S/C27H29F3N4O4/c1-19-17-33(18-31-19)23-11-9-20(15-24(23)36-4)10-12-25-32-38-26(2,34(25)13-6-14-35-3)21-7-5-8-22(16-21)37-27(28,29)30/h5,7-12,15-18H,6,13-14H2,1-4H3/b12-10+. The van der Waals surface area contributed by atoms with Crippen LogP contribution in [0, 0.1) is 6.92 Å². The molecule has 38 heavy (non-hydrogen) atoms. The van der Waals surface area contributed by atoms with Crippen molar-refractivity contribution < 1.29 is 32.2 Å². The number of aromatic nitrogens is 2. The lowest BCUT2D eigenvalue weighted by Gasteiger charge is -2.34. The number of benzene rings is 2. The van der Waals surface area contributed by atoms with Gasteiger partial charge in [-0.25, -0.2) is 4.98 Å². The normalized spacial score (nSPS) is 17.6. The molecule has 0 bridgehead atoms. The Morgan fingerprint density at radius 2 is 1.92 bits per heavy atom. The summed E-state index contributed by atoms with van der Waals surface area (Å²) in [6, 6.07) is 11.5. The maximum Gasteiger partial charge on any atom is 0.573 e. The molecule has 3 aromatic rings. The molecule has 1 atom stereocenters. The van der Waals surface area contributed by atoms with Crippen molar-refractivity contribution in [3.05, 3.63) is 77.9 Å². The summed E-state index contributed by atoms with van der Waals surface area (Å²) in [5.41, 5.74) is 1.91. The van der Waals surface area contributed by atoms with Gasteiger partial charge in [0.1, 0.15) is 11.5 Å². The largest absolute Gasteiger partial charge is 0.573 e. The first-order chi connectivity index (χ1) is 18.1. The third-order valence-corrected chi connectivity index (χ3v) is 6.06. The number of methoxy groups -OCH3 is 2. The lowest BCUT2D eigenvalue weighted by molar-refractivity contribution is -0.274. The third kappa shape index (κ3) is 6.10. The zero-order valence-electron chi connectivity index (χ0n) is 21.5. The van der Waals surface area contributed by atoms with E-state index in [4.69, 9.17) is 14.3 Å². The van der Waals surface area contributed by atoms with Crippen LogP contribution in [-0.4, -0.2) is 54.0 Å². The van der Waals surface area contributed by atoms with Gasteiger partial charge in [-0.1, -0.05) is 29.4 Å². The Hall–Kier alpha value is -3.99. The fraction of sp³-hybridized carbons (Fsp3) is 0.333. The number of rotatable bonds is 10. The van der Waals surface area contributed by atoms with Crippen LogP contribution in [0.3, 0.4) is 0 Å². The summed E-state index contributed by atoms with van der Waals surface area (Å²) in [6.07, 6.45) is 3.14. The Kier molecular flexibility index (Phi) is 7.96. The first kappa shape index (κ1) is 27.1. The fourth-order valence-corrected chi connectivity index (χ4v) is 4.19. The number of oxime groups is 1. The molecular formula is C27H29F3N4O4. The molecule has 0 spiro atoms. The highest BCUT2D eigenvalue weighted by Crippen LogP contribution is 2.38. The first-order valence-electron chi connectivity index (χ1n) is 11.9. The molecule has 0 saturated heterocycles. The quantitative estimate of drug-likeness (QED) is 0.315. The number of imidazole rings is 1. The maximum absolute atomic E-state index is 12.8. The number of halogens is 3. The zero-order valence-corrected chi connectivity index (χ0v) is 21.5. The number of aryl methyl sites for hydroxylation is 1. The van der Waals surface area contributed by atoms with Gasteiger partial charge in [0.2, 0.25) is 5.72 Å². The molecule has 0 fully saturated rings. The molecule has 0 aliphatic carbocycles. The average Bonchev–Trinajstić information content (AvgIpc) is 3.45. The summed E-state index contributed by atoms with van der Waals surface area (Å²) in [4.78, 5) is 12.0. The zero-order chi connectivity index (χ0) is 27.3. The van der Waals surface area contributed by atoms with E-state index in [-0.39, 0.29) is 5.75 Å². The van der Waals surface area contributed by atoms with Crippen molar-refractivity contribution in [3.8, 4) is 17.2 Å². The van der Waals surface area contributed by atoms with Gasteiger partial charge in [0, 0.05) is 38.9 Å². The molecule has 1 unspecified atom stereocenters. The van der Waals surface area contributed by atoms with Gasteiger partial charge in [-0.15, -0.1) is 13.2 Å². The molecule has 0 amide bonds. The lowest BCUT2D eigenvalue weighted by atomic mass is 10.0. The highest BCUT2D eigenvalue weighted by atomic mass is 19.4. The summed E-state index contributed by atoms with van der Waals surface area (Å²) in [5.74, 6) is 0.845. The van der Waals surface area contributed by atoms with Crippen LogP contribution in [0.15, 0.2) is 66.2 Å². The van der Waals surface area contributed by atoms with Crippen molar-refractivity contribution >= 4 is 11.9 Å². The molecule has 1 aliphatic heterocycles. The Labute approximate surface area is 218 Å². The summed E-state index contributed by atoms with van der Waals surface area (Å²) < 4.78 is 55.2. The van der Waals surface area contributed by atoms with Crippen LogP contribution in [0.2, 0.25) is 0 Å². The Morgan fingerprint density at radius 1 is 1.11 bits per heavy atom. The smallest absolute Gasteiger partial charge is 0.495 e. The van der Waals surface area contributed by atoms with Gasteiger partial charge in [0.15, 0.2) is 5.84 Å². The van der Waals surface area contributed by atoms with E-state index >= 15 is 0 Å². The predicted octanol–water partition coefficient (Wildman–Crippen LogP) is 5.66. The molecule has 202 valence electrons. The van der Waals surface area contributed by atoms with Crippen molar-refractivity contribution in [2.45, 2.75) is 32.4 Å². The van der Waals surface area contributed by atoms with Gasteiger partial charge >= 0.3 is 6.36 Å². The van der Waals surface area contributed by atoms with E-state index in [0.717, 1.165) is 16.9 Å². The van der Waals surface area contributed by atoms with Crippen LogP contribution in [0.25, 0.3) is 11.8 Å². The average molecular weight is 531 g/mol. The van der Waals surface area contributed by atoms with Gasteiger partial charge < -0.3 is 28.5 Å². The number of nitrogens with zero attached hydrogens (tertiary/aromatic N) is 4. The van der Waals surface area contributed by atoms with E-state index in [9.17, 15) is 13.2 Å². The Bertz CT molecular complexity index is 1320. The number of alkyl halides is 3. The minimum absolute atomic E-state index is 0.332. The molecule has 0 N–H and O–H groups in total. The minimum atomic E-state index is -4.80. The number of ether oxygens (including phenoxy) is 3. The molecule has 8 nitrogen and oxygen atoms in total. The highest BCUT2D eigenvalue weighted by molar-refractivity contribution is 5.97. The summed E-state index contributed by atoms with van der Waals surface area (Å²) in [7, 11) is 3.21. The van der Waals surface area contributed by atoms with Gasteiger partial charge in [-0.2, -0.15) is 0 Å². The van der Waals surface area contributed by atoms with Crippen LogP contribution >= 0.6 is 0 Å². The van der Waals surface area contributed by atoms with Crippen molar-refractivity contribution in [1.82, 2.24) is 14.5 Å². The van der Waals surface area contributed by atoms with E-state index in [0.29, 0.717) is 36.7 Å². The summed E-state index contributed by atoms with van der Waals surface area (Å²) in [6.45, 7) is 4.64. The van der Waals surface area contributed by atoms with Crippen LogP contribution in [-0.2, 0) is 15.3 Å². The van der Waals surface area contributed by atoms with Gasteiger partial charge in [0.05, 0.1) is 24.8 Å². The van der Waals surface area contributed by atoms with Crippen molar-refractivity contribution in [2.75, 3.05) is 27.4 Å². The van der Waals surface area contributed by atoms with Gasteiger partial charge in [-0.3, -0.25) is 0 Å². The van der Waals surface area contributed by atoms with E-state index < -0.39 is 12.1 Å². The third-order valence-electron chi connectivity index (χ3n) is 6.06. The first-order valence-corrected chi connectivity index (χ1v) is 11.9. The SMILES string of the molecule is COCCCN1C(/C=C/c2ccc(-n3cnc(C)c3)c(OC)c2)=NOC1(C)c1cccc(OC(F)(F)F)c1. The van der Waals surface area contributed by atoms with Crippen molar-refractivity contribution in [1.29, 1.82) is 0 Å². The number of hydrogen-bond donors (Lipinski definition) is 0. The topological polar surface area (TPSA) is 70.3 Å².